The fourth-order valence-corrected chi connectivity index (χ4v) is 1.55. The van der Waals surface area contributed by atoms with Gasteiger partial charge in [0, 0.05) is 5.41 Å². The van der Waals surface area contributed by atoms with Gasteiger partial charge in [-0.15, -0.1) is 0 Å². The molecule has 0 amide bonds. The predicted octanol–water partition coefficient (Wildman–Crippen LogP) is 1.49. The summed E-state index contributed by atoms with van der Waals surface area (Å²) >= 11 is 0. The Hall–Kier alpha value is 0.920. The summed E-state index contributed by atoms with van der Waals surface area (Å²) in [7, 11) is 3.15. The van der Waals surface area contributed by atoms with Gasteiger partial charge in [0.1, 0.15) is 16.2 Å². The van der Waals surface area contributed by atoms with E-state index in [1.165, 1.54) is 10.8 Å². The molecule has 0 aromatic rings. The van der Waals surface area contributed by atoms with Crippen LogP contribution in [-0.2, 0) is 33.2 Å². The van der Waals surface area contributed by atoms with Crippen LogP contribution in [0.3, 0.4) is 0 Å². The molecule has 0 atom stereocenters. The quantitative estimate of drug-likeness (QED) is 0.252. The number of hydrogen-bond acceptors (Lipinski definition) is 1. The van der Waals surface area contributed by atoms with E-state index < -0.39 is 0 Å². The van der Waals surface area contributed by atoms with Crippen molar-refractivity contribution in [3.05, 3.63) is 23.0 Å². The second-order valence-electron chi connectivity index (χ2n) is 0.881. The third kappa shape index (κ3) is 3.50. The van der Waals surface area contributed by atoms with Crippen molar-refractivity contribution in [1.82, 2.24) is 0 Å². The number of rotatable bonds is 0. The van der Waals surface area contributed by atoms with E-state index in [0.29, 0.717) is 0 Å². The Labute approximate surface area is 66.7 Å². The van der Waals surface area contributed by atoms with Crippen molar-refractivity contribution in [2.45, 2.75) is 0 Å². The summed E-state index contributed by atoms with van der Waals surface area (Å²) in [5.74, 6) is 0. The maximum Gasteiger partial charge on any atom is 5.00 e. The van der Waals surface area contributed by atoms with Crippen LogP contribution in [-0.4, -0.2) is 0 Å². The van der Waals surface area contributed by atoms with Crippen molar-refractivity contribution in [2.24, 2.45) is 0 Å². The minimum atomic E-state index is 0. The Morgan fingerprint density at radius 3 is 2.29 bits per heavy atom. The zero-order chi connectivity index (χ0) is 4.24. The van der Waals surface area contributed by atoms with E-state index in [2.05, 4.69) is 16.9 Å². The van der Waals surface area contributed by atoms with Crippen molar-refractivity contribution >= 4 is 21.6 Å². The van der Waals surface area contributed by atoms with Crippen LogP contribution in [0.15, 0.2) is 23.0 Å². The molecule has 1 aliphatic heterocycles. The van der Waals surface area contributed by atoms with Crippen LogP contribution in [0.4, 0.5) is 0 Å². The molecule has 0 radical (unpaired) electrons. The van der Waals surface area contributed by atoms with E-state index >= 15 is 0 Å². The van der Waals surface area contributed by atoms with Crippen molar-refractivity contribution in [1.29, 1.82) is 0 Å². The minimum Gasteiger partial charge on any atom is -0.0470 e. The van der Waals surface area contributed by atoms with Gasteiger partial charge in [-0.05, 0) is 12.2 Å². The van der Waals surface area contributed by atoms with Gasteiger partial charge in [0.2, 0.25) is 0 Å². The van der Waals surface area contributed by atoms with Crippen LogP contribution in [0.2, 0.25) is 0 Å². The second kappa shape index (κ2) is 5.06. The summed E-state index contributed by atoms with van der Waals surface area (Å²) in [6, 6.07) is 0. The third-order valence-corrected chi connectivity index (χ3v) is 2.25. The summed E-state index contributed by atoms with van der Waals surface area (Å²) in [5, 5.41) is 4.20. The minimum absolute atomic E-state index is 0. The molecule has 32 valence electrons. The van der Waals surface area contributed by atoms with Crippen LogP contribution in [0.25, 0.3) is 0 Å². The molecule has 0 N–H and O–H groups in total. The normalized spacial score (nSPS) is 16.0. The Morgan fingerprint density at radius 2 is 2.14 bits per heavy atom. The molecule has 0 fully saturated rings. The first-order chi connectivity index (χ1) is 3.00. The van der Waals surface area contributed by atoms with Crippen LogP contribution in [0.1, 0.15) is 0 Å². The number of thiol groups is 1. The van der Waals surface area contributed by atoms with Gasteiger partial charge in [-0.3, -0.25) is 0 Å². The monoisotopic (exact) mass is 210 g/mol. The molecule has 0 aromatic heterocycles. The molecule has 0 saturated carbocycles. The Balaban J connectivity index is 0.000000360. The summed E-state index contributed by atoms with van der Waals surface area (Å²) < 4.78 is 0. The van der Waals surface area contributed by atoms with E-state index in [-0.39, 0.29) is 22.4 Å². The zero-order valence-corrected chi connectivity index (χ0v) is 7.52. The summed E-state index contributed by atoms with van der Waals surface area (Å²) in [6.45, 7) is 0. The molecule has 3 heteroatoms. The van der Waals surface area contributed by atoms with Crippen molar-refractivity contribution < 1.29 is 22.4 Å². The first kappa shape index (κ1) is 7.92. The first-order valence-electron chi connectivity index (χ1n) is 1.68. The Morgan fingerprint density at radius 1 is 1.29 bits per heavy atom. The van der Waals surface area contributed by atoms with E-state index in [9.17, 15) is 0 Å². The molecule has 0 bridgehead atoms. The van der Waals surface area contributed by atoms with Gasteiger partial charge in [-0.25, -0.2) is 0 Å². The van der Waals surface area contributed by atoms with Gasteiger partial charge in [0.05, 0.1) is 10.8 Å². The molecular weight excluding hydrogens is 205 g/mol. The molecule has 0 spiro atoms. The topological polar surface area (TPSA) is 0 Å². The first-order valence-corrected chi connectivity index (χ1v) is 4.12. The van der Waals surface area contributed by atoms with Gasteiger partial charge >= 0.3 is 22.4 Å². The molecule has 0 nitrogen and oxygen atoms in total. The molecule has 1 aliphatic rings. The SMILES string of the molecule is C1=CS[SH+]C=C1.[Nb+5]. The van der Waals surface area contributed by atoms with Gasteiger partial charge in [0.25, 0.3) is 0 Å². The van der Waals surface area contributed by atoms with Crippen LogP contribution >= 0.6 is 10.8 Å². The second-order valence-corrected chi connectivity index (χ2v) is 3.14. The van der Waals surface area contributed by atoms with Crippen LogP contribution in [0.5, 0.6) is 0 Å². The van der Waals surface area contributed by atoms with Crippen molar-refractivity contribution in [3.8, 4) is 0 Å². The van der Waals surface area contributed by atoms with E-state index in [4.69, 9.17) is 0 Å². The largest absolute Gasteiger partial charge is 5.00 e. The van der Waals surface area contributed by atoms with Crippen LogP contribution < -0.4 is 0 Å². The average molecular weight is 210 g/mol. The molecule has 0 saturated heterocycles. The maximum absolute atomic E-state index is 2.12. The van der Waals surface area contributed by atoms with E-state index in [1.54, 1.807) is 10.8 Å². The maximum atomic E-state index is 2.12. The molecule has 0 aliphatic carbocycles. The van der Waals surface area contributed by atoms with Crippen molar-refractivity contribution in [2.75, 3.05) is 0 Å². The van der Waals surface area contributed by atoms with Crippen molar-refractivity contribution in [3.63, 3.8) is 0 Å². The Bertz CT molecular complexity index is 75.7. The molecule has 7 heavy (non-hydrogen) atoms. The standard InChI is InChI=1S/C4H4S2.Nb/c1-2-4-6-5-3-1;/h1-4H;/q;+5/p+1. The number of hydrogen-bond donors (Lipinski definition) is 0. The van der Waals surface area contributed by atoms with E-state index in [1.807, 2.05) is 6.08 Å². The summed E-state index contributed by atoms with van der Waals surface area (Å²) in [5.41, 5.74) is 0. The van der Waals surface area contributed by atoms with Gasteiger partial charge in [-0.1, -0.05) is 0 Å². The predicted molar refractivity (Wildman–Crippen MR) is 34.6 cm³/mol. The smallest absolute Gasteiger partial charge is 0.0470 e. The number of allylic oxidation sites excluding steroid dienone is 2. The fraction of sp³-hybridized carbons (Fsp3) is 0. The van der Waals surface area contributed by atoms with Crippen LogP contribution in [0, 0.1) is 0 Å². The summed E-state index contributed by atoms with van der Waals surface area (Å²) in [4.78, 5) is 0. The zero-order valence-electron chi connectivity index (χ0n) is 3.61. The molecule has 0 unspecified atom stereocenters. The molecule has 1 rings (SSSR count). The molecule has 0 aromatic carbocycles. The third-order valence-electron chi connectivity index (χ3n) is 0.458. The van der Waals surface area contributed by atoms with Gasteiger partial charge < -0.3 is 0 Å². The molecular formula is C4H5NbS2+6. The average Bonchev–Trinajstić information content (AvgIpc) is 1.72. The van der Waals surface area contributed by atoms with Gasteiger partial charge in [0.15, 0.2) is 0 Å². The molecule has 1 heterocycles. The van der Waals surface area contributed by atoms with Gasteiger partial charge in [-0.2, -0.15) is 0 Å². The Kier molecular flexibility index (Phi) is 5.73. The fourth-order valence-electron chi connectivity index (χ4n) is 0.236. The van der Waals surface area contributed by atoms with E-state index in [0.717, 1.165) is 0 Å². The summed E-state index contributed by atoms with van der Waals surface area (Å²) in [6.07, 6.45) is 4.10.